The van der Waals surface area contributed by atoms with Gasteiger partial charge in [0.1, 0.15) is 5.78 Å². The van der Waals surface area contributed by atoms with Crippen LogP contribution in [0.3, 0.4) is 0 Å². The van der Waals surface area contributed by atoms with E-state index in [0.717, 1.165) is 32.6 Å². The second kappa shape index (κ2) is 9.02. The molecule has 0 radical (unpaired) electrons. The Hall–Kier alpha value is -2.63. The summed E-state index contributed by atoms with van der Waals surface area (Å²) in [6.07, 6.45) is 0.861. The van der Waals surface area contributed by atoms with Crippen LogP contribution in [0.15, 0.2) is 70.6 Å². The van der Waals surface area contributed by atoms with E-state index in [2.05, 4.69) is 11.1 Å². The summed E-state index contributed by atoms with van der Waals surface area (Å²) in [7, 11) is 0. The number of thioether (sulfide) groups is 1. The predicted octanol–water partition coefficient (Wildman–Crippen LogP) is 5.96. The Balaban J connectivity index is 1.35. The summed E-state index contributed by atoms with van der Waals surface area (Å²) in [6, 6.07) is 19.6. The van der Waals surface area contributed by atoms with Crippen molar-refractivity contribution in [1.29, 1.82) is 0 Å². The van der Waals surface area contributed by atoms with Crippen LogP contribution in [0.1, 0.15) is 18.4 Å². The van der Waals surface area contributed by atoms with Crippen LogP contribution in [0.4, 0.5) is 5.69 Å². The van der Waals surface area contributed by atoms with Crippen molar-refractivity contribution in [3.8, 4) is 0 Å². The van der Waals surface area contributed by atoms with Gasteiger partial charge in [0.25, 0.3) is 0 Å². The molecule has 1 aliphatic heterocycles. The maximum absolute atomic E-state index is 12.5. The minimum atomic E-state index is -0.962. The van der Waals surface area contributed by atoms with E-state index < -0.39 is 11.9 Å². The summed E-state index contributed by atoms with van der Waals surface area (Å²) in [6.45, 7) is 0. The first-order valence-corrected chi connectivity index (χ1v) is 11.1. The predicted molar refractivity (Wildman–Crippen MR) is 122 cm³/mol. The minimum Gasteiger partial charge on any atom is -0.481 e. The molecule has 1 heterocycles. The molecule has 0 fully saturated rings. The molecule has 1 aliphatic rings. The number of carbonyl (C=O) groups excluding carboxylic acids is 1. The van der Waals surface area contributed by atoms with Gasteiger partial charge in [-0.05, 0) is 53.1 Å². The second-order valence-electron chi connectivity index (χ2n) is 7.41. The van der Waals surface area contributed by atoms with Crippen molar-refractivity contribution >= 4 is 57.3 Å². The van der Waals surface area contributed by atoms with E-state index in [1.165, 1.54) is 11.8 Å². The molecule has 0 aliphatic carbocycles. The van der Waals surface area contributed by atoms with Crippen LogP contribution in [0.25, 0.3) is 10.8 Å². The fourth-order valence-corrected chi connectivity index (χ4v) is 4.65. The Morgan fingerprint density at radius 3 is 2.67 bits per heavy atom. The van der Waals surface area contributed by atoms with Crippen molar-refractivity contribution in [3.05, 3.63) is 71.2 Å². The molecular weight excluding hydrogens is 418 g/mol. The molecule has 3 aromatic rings. The van der Waals surface area contributed by atoms with Crippen LogP contribution in [0, 0.1) is 5.92 Å². The van der Waals surface area contributed by atoms with Gasteiger partial charge in [-0.1, -0.05) is 41.9 Å². The number of carboxylic acid groups (broad SMARTS) is 1. The molecule has 1 N–H and O–H groups in total. The first kappa shape index (κ1) is 20.6. The van der Waals surface area contributed by atoms with Crippen LogP contribution < -0.4 is 0 Å². The number of nitrogens with zero attached hydrogens (tertiary/aromatic N) is 1. The van der Waals surface area contributed by atoms with Crippen LogP contribution >= 0.6 is 23.4 Å². The molecule has 152 valence electrons. The van der Waals surface area contributed by atoms with E-state index in [0.29, 0.717) is 11.4 Å². The molecule has 3 aromatic carbocycles. The molecule has 1 atom stereocenters. The Morgan fingerprint density at radius 1 is 1.07 bits per heavy atom. The number of Topliss-reactive ketones (excluding diaryl/α,β-unsaturated/α-hetero) is 1. The smallest absolute Gasteiger partial charge is 0.307 e. The molecule has 0 bridgehead atoms. The Labute approximate surface area is 184 Å². The number of aliphatic carboxylic acids is 1. The van der Waals surface area contributed by atoms with Gasteiger partial charge in [0.05, 0.1) is 17.4 Å². The number of aliphatic imine (C=N–C) groups is 1. The summed E-state index contributed by atoms with van der Waals surface area (Å²) >= 11 is 7.47. The number of rotatable bonds is 8. The largest absolute Gasteiger partial charge is 0.481 e. The van der Waals surface area contributed by atoms with Gasteiger partial charge < -0.3 is 5.11 Å². The van der Waals surface area contributed by atoms with E-state index in [-0.39, 0.29) is 24.4 Å². The Morgan fingerprint density at radius 2 is 1.87 bits per heavy atom. The third kappa shape index (κ3) is 4.91. The highest BCUT2D eigenvalue weighted by Gasteiger charge is 2.26. The zero-order valence-corrected chi connectivity index (χ0v) is 17.7. The van der Waals surface area contributed by atoms with E-state index in [1.807, 2.05) is 48.5 Å². The summed E-state index contributed by atoms with van der Waals surface area (Å²) in [5.41, 5.74) is 2.62. The standard InChI is InChI=1S/C24H20ClNO3S/c25-19-6-8-23-17(9-19)10-20(26-23)11-18(24(28)29)12-21(27)14-30-22-7-5-15-3-1-2-4-16(15)13-22/h1-9,13,18H,10-12,14H2,(H,28,29)/t18-/m0/s1. The van der Waals surface area contributed by atoms with Gasteiger partial charge in [0, 0.05) is 28.5 Å². The molecule has 0 saturated carbocycles. The van der Waals surface area contributed by atoms with Gasteiger partial charge in [0.2, 0.25) is 0 Å². The lowest BCUT2D eigenvalue weighted by molar-refractivity contribution is -0.143. The van der Waals surface area contributed by atoms with Gasteiger partial charge in [0.15, 0.2) is 0 Å². The topological polar surface area (TPSA) is 66.7 Å². The minimum absolute atomic E-state index is 0.00599. The molecular formula is C24H20ClNO3S. The first-order chi connectivity index (χ1) is 14.5. The number of carbonyl (C=O) groups is 2. The van der Waals surface area contributed by atoms with Crippen molar-refractivity contribution in [2.75, 3.05) is 5.75 Å². The molecule has 6 heteroatoms. The summed E-state index contributed by atoms with van der Waals surface area (Å²) in [4.78, 5) is 29.7. The van der Waals surface area contributed by atoms with Crippen molar-refractivity contribution in [2.24, 2.45) is 10.9 Å². The highest BCUT2D eigenvalue weighted by molar-refractivity contribution is 8.00. The highest BCUT2D eigenvalue weighted by atomic mass is 35.5. The van der Waals surface area contributed by atoms with Gasteiger partial charge in [-0.15, -0.1) is 11.8 Å². The maximum Gasteiger partial charge on any atom is 0.307 e. The van der Waals surface area contributed by atoms with Crippen LogP contribution in [-0.2, 0) is 16.0 Å². The van der Waals surface area contributed by atoms with Gasteiger partial charge in [-0.25, -0.2) is 0 Å². The average Bonchev–Trinajstić information content (AvgIpc) is 3.13. The number of fused-ring (bicyclic) bond motifs is 2. The molecule has 30 heavy (non-hydrogen) atoms. The molecule has 0 amide bonds. The first-order valence-electron chi connectivity index (χ1n) is 9.69. The number of benzene rings is 3. The monoisotopic (exact) mass is 437 g/mol. The normalized spacial score (nSPS) is 13.7. The lowest BCUT2D eigenvalue weighted by atomic mass is 9.95. The fraction of sp³-hybridized carbons (Fsp3) is 0.208. The molecule has 4 nitrogen and oxygen atoms in total. The Kier molecular flexibility index (Phi) is 6.21. The number of carboxylic acids is 1. The maximum atomic E-state index is 12.5. The zero-order chi connectivity index (χ0) is 21.1. The van der Waals surface area contributed by atoms with Gasteiger partial charge in [-0.3, -0.25) is 14.6 Å². The van der Waals surface area contributed by atoms with E-state index >= 15 is 0 Å². The summed E-state index contributed by atoms with van der Waals surface area (Å²) in [5.74, 6) is -1.54. The summed E-state index contributed by atoms with van der Waals surface area (Å²) < 4.78 is 0. The number of ketones is 1. The van der Waals surface area contributed by atoms with Crippen molar-refractivity contribution in [1.82, 2.24) is 0 Å². The molecule has 4 rings (SSSR count). The van der Waals surface area contributed by atoms with E-state index in [4.69, 9.17) is 11.6 Å². The third-order valence-corrected chi connectivity index (χ3v) is 6.43. The third-order valence-electron chi connectivity index (χ3n) is 5.14. The molecule has 0 unspecified atom stereocenters. The second-order valence-corrected chi connectivity index (χ2v) is 8.89. The van der Waals surface area contributed by atoms with Gasteiger partial charge >= 0.3 is 5.97 Å². The van der Waals surface area contributed by atoms with Crippen LogP contribution in [0.5, 0.6) is 0 Å². The van der Waals surface area contributed by atoms with Crippen LogP contribution in [0.2, 0.25) is 5.02 Å². The Bertz CT molecular complexity index is 1160. The molecule has 0 spiro atoms. The summed E-state index contributed by atoms with van der Waals surface area (Å²) in [5, 5.41) is 12.5. The zero-order valence-electron chi connectivity index (χ0n) is 16.2. The highest BCUT2D eigenvalue weighted by Crippen LogP contribution is 2.31. The van der Waals surface area contributed by atoms with E-state index in [9.17, 15) is 14.7 Å². The van der Waals surface area contributed by atoms with Gasteiger partial charge in [-0.2, -0.15) is 0 Å². The molecule has 0 saturated heterocycles. The van der Waals surface area contributed by atoms with Crippen molar-refractivity contribution in [2.45, 2.75) is 24.2 Å². The lowest BCUT2D eigenvalue weighted by Crippen LogP contribution is -2.22. The van der Waals surface area contributed by atoms with Crippen molar-refractivity contribution < 1.29 is 14.7 Å². The number of hydrogen-bond acceptors (Lipinski definition) is 4. The SMILES string of the molecule is O=C(CSc1ccc2ccccc2c1)C[C@H](CC1=Nc2ccc(Cl)cc2C1)C(=O)O. The lowest BCUT2D eigenvalue weighted by Gasteiger charge is -2.11. The number of halogens is 1. The average molecular weight is 438 g/mol. The fourth-order valence-electron chi connectivity index (χ4n) is 3.64. The quantitative estimate of drug-likeness (QED) is 0.441. The van der Waals surface area contributed by atoms with Crippen molar-refractivity contribution in [3.63, 3.8) is 0 Å². The molecule has 0 aromatic heterocycles. The van der Waals surface area contributed by atoms with E-state index in [1.54, 1.807) is 6.07 Å². The van der Waals surface area contributed by atoms with Crippen LogP contribution in [-0.4, -0.2) is 28.3 Å². The number of hydrogen-bond donors (Lipinski definition) is 1.